The minimum Gasteiger partial charge on any atom is -0.500 e. The quantitative estimate of drug-likeness (QED) is 0.128. The summed E-state index contributed by atoms with van der Waals surface area (Å²) in [5.41, 5.74) is 17.2. The first-order valence-corrected chi connectivity index (χ1v) is 24.7. The van der Waals surface area contributed by atoms with Crippen LogP contribution in [-0.2, 0) is 20.1 Å². The molecule has 0 saturated carbocycles. The van der Waals surface area contributed by atoms with E-state index in [2.05, 4.69) is 127 Å². The average Bonchev–Trinajstić information content (AvgIpc) is 4.12. The smallest absolute Gasteiger partial charge is 0.128 e. The Balaban J connectivity index is 0.000000209. The van der Waals surface area contributed by atoms with E-state index in [0.717, 1.165) is 33.5 Å². The summed E-state index contributed by atoms with van der Waals surface area (Å²) in [6.07, 6.45) is 1.79. The molecular weight excluding hydrogens is 1060 g/mol. The number of nitrogens with zero attached hydrogens (tertiary/aromatic N) is 4. The maximum Gasteiger partial charge on any atom is 0.128 e. The molecule has 6 heteroatoms. The van der Waals surface area contributed by atoms with Gasteiger partial charge >= 0.3 is 0 Å². The van der Waals surface area contributed by atoms with Crippen LogP contribution >= 0.6 is 0 Å². The number of hydrogen-bond donors (Lipinski definition) is 0. The van der Waals surface area contributed by atoms with Gasteiger partial charge in [0.2, 0.25) is 0 Å². The molecule has 3 aromatic heterocycles. The van der Waals surface area contributed by atoms with Gasteiger partial charge in [0.25, 0.3) is 0 Å². The maximum atomic E-state index is 8.16. The van der Waals surface area contributed by atoms with E-state index in [-0.39, 0.29) is 31.2 Å². The molecule has 0 N–H and O–H groups in total. The van der Waals surface area contributed by atoms with Crippen LogP contribution in [0.1, 0.15) is 146 Å². The number of furan rings is 1. The first-order chi connectivity index (χ1) is 36.5. The molecule has 0 aliphatic carbocycles. The van der Waals surface area contributed by atoms with Crippen LogP contribution in [0.5, 0.6) is 0 Å². The van der Waals surface area contributed by atoms with E-state index in [0.29, 0.717) is 74.0 Å². The zero-order valence-electron chi connectivity index (χ0n) is 48.7. The van der Waals surface area contributed by atoms with Gasteiger partial charge in [0, 0.05) is 56.7 Å². The summed E-state index contributed by atoms with van der Waals surface area (Å²) < 4.78 is 56.5. The second kappa shape index (κ2) is 21.4. The molecule has 0 saturated heterocycles. The Bertz CT molecular complexity index is 3780. The second-order valence-electron chi connectivity index (χ2n) is 20.1. The van der Waals surface area contributed by atoms with Gasteiger partial charge in [-0.3, -0.25) is 9.83 Å². The van der Waals surface area contributed by atoms with E-state index in [1.807, 2.05) is 66.7 Å². The number of aromatic nitrogens is 3. The minimum atomic E-state index is -2.32. The summed E-state index contributed by atoms with van der Waals surface area (Å²) in [7, 11) is 0. The van der Waals surface area contributed by atoms with Crippen molar-refractivity contribution in [1.29, 1.82) is 0 Å². The Labute approximate surface area is 449 Å². The number of benzene rings is 7. The summed E-state index contributed by atoms with van der Waals surface area (Å²) in [4.78, 5) is 13.4. The maximum absolute atomic E-state index is 8.16. The fourth-order valence-electron chi connectivity index (χ4n) is 9.76. The third-order valence-corrected chi connectivity index (χ3v) is 13.4. The molecule has 0 amide bonds. The van der Waals surface area contributed by atoms with Crippen molar-refractivity contribution < 1.29 is 32.7 Å². The number of imidazole rings is 1. The predicted octanol–water partition coefficient (Wildman–Crippen LogP) is 19.1. The monoisotopic (exact) mass is 1130 g/mol. The second-order valence-corrected chi connectivity index (χ2v) is 20.1. The van der Waals surface area contributed by atoms with Crippen LogP contribution in [0.3, 0.4) is 0 Å². The van der Waals surface area contributed by atoms with Crippen LogP contribution < -0.4 is 0 Å². The number of para-hydroxylation sites is 2. The fraction of sp³-hybridized carbons (Fsp3) is 0.258. The van der Waals surface area contributed by atoms with E-state index < -0.39 is 13.7 Å². The summed E-state index contributed by atoms with van der Waals surface area (Å²) in [6, 6.07) is 49.6. The standard InChI is InChI=1S/C37H31N2O.C29H33N2.Ir/c1-22(2)28-13-10-14-29(23(3)4)35(28)26-15-16-39-34(19-26)33-21-27(38-6)20-32-31-18-24(5)17-30(36(31)40-37(32)33)25-11-8-7-9-12-25;1-18(2)23-16-24(19(3)4)28(25(17-23)20(5)6)31-27-11-9-8-10-26(27)30-29(31)22-14-12-21(7)13-15-22;/h7-20,22-23H,1-5H3;8-14,16-20H,1-7H3;/q2*-1;/i5D3;7D3;. The van der Waals surface area contributed by atoms with E-state index in [1.165, 1.54) is 39.1 Å². The van der Waals surface area contributed by atoms with Gasteiger partial charge in [-0.05, 0) is 123 Å². The van der Waals surface area contributed by atoms with Gasteiger partial charge in [0.15, 0.2) is 0 Å². The Kier molecular flexibility index (Phi) is 13.1. The van der Waals surface area contributed by atoms with E-state index in [9.17, 15) is 0 Å². The minimum absolute atomic E-state index is 0. The van der Waals surface area contributed by atoms with Crippen LogP contribution in [0.4, 0.5) is 5.69 Å². The third kappa shape index (κ3) is 9.99. The molecule has 3 heterocycles. The Morgan fingerprint density at radius 3 is 1.89 bits per heavy atom. The van der Waals surface area contributed by atoms with Gasteiger partial charge in [-0.25, -0.2) is 0 Å². The summed E-state index contributed by atoms with van der Waals surface area (Å²) in [5.74, 6) is 2.51. The topological polar surface area (TPSA) is 48.2 Å². The van der Waals surface area contributed by atoms with Gasteiger partial charge in [-0.1, -0.05) is 166 Å². The van der Waals surface area contributed by atoms with Gasteiger partial charge in [-0.15, -0.1) is 47.5 Å². The van der Waals surface area contributed by atoms with Crippen molar-refractivity contribution in [2.24, 2.45) is 0 Å². The van der Waals surface area contributed by atoms with Crippen LogP contribution in [0.25, 0.3) is 88.4 Å². The normalized spacial score (nSPS) is 13.1. The van der Waals surface area contributed by atoms with E-state index in [4.69, 9.17) is 29.2 Å². The Morgan fingerprint density at radius 2 is 1.28 bits per heavy atom. The average molecular weight is 1130 g/mol. The third-order valence-electron chi connectivity index (χ3n) is 13.4. The van der Waals surface area contributed by atoms with Gasteiger partial charge in [-0.2, -0.15) is 0 Å². The molecule has 0 unspecified atom stereocenters. The van der Waals surface area contributed by atoms with Crippen LogP contribution in [0.15, 0.2) is 144 Å². The van der Waals surface area contributed by atoms with E-state index >= 15 is 0 Å². The van der Waals surface area contributed by atoms with Crippen molar-refractivity contribution in [2.45, 2.75) is 113 Å². The number of aryl methyl sites for hydroxylation is 2. The summed E-state index contributed by atoms with van der Waals surface area (Å²) >= 11 is 0. The molecule has 0 aliphatic rings. The first-order valence-electron chi connectivity index (χ1n) is 27.7. The number of pyridine rings is 1. The molecule has 0 fully saturated rings. The molecule has 0 aliphatic heterocycles. The van der Waals surface area contributed by atoms with Gasteiger partial charge in [0.05, 0.1) is 23.4 Å². The van der Waals surface area contributed by atoms with Gasteiger partial charge < -0.3 is 14.0 Å². The first kappa shape index (κ1) is 43.9. The van der Waals surface area contributed by atoms with Crippen LogP contribution in [0, 0.1) is 32.4 Å². The molecule has 365 valence electrons. The predicted molar refractivity (Wildman–Crippen MR) is 298 cm³/mol. The molecule has 10 rings (SSSR count). The van der Waals surface area contributed by atoms with Crippen molar-refractivity contribution >= 4 is 38.7 Å². The SMILES string of the molecule is [2H]C([2H])([2H])c1c[c-]c(-c2nc3ccccc3n2-c2c(C(C)C)cc(C(C)C)cc2C(C)C)cc1.[2H]C([2H])([2H])c1cc(-c2ccccc2)c2oc3c(-c4cc(-c5c(C(C)C)cccc5C(C)C)ccn4)[c-]c([N+]#[C-])cc3c2c1.[Ir]. The molecule has 0 spiro atoms. The zero-order chi connectivity index (χ0) is 55.2. The van der Waals surface area contributed by atoms with Crippen molar-refractivity contribution in [3.63, 3.8) is 0 Å². The zero-order valence-corrected chi connectivity index (χ0v) is 45.1. The molecule has 7 aromatic carbocycles. The fourth-order valence-corrected chi connectivity index (χ4v) is 9.76. The van der Waals surface area contributed by atoms with Crippen molar-refractivity contribution in [3.05, 3.63) is 202 Å². The molecule has 5 nitrogen and oxygen atoms in total. The summed E-state index contributed by atoms with van der Waals surface area (Å²) in [5, 5.41) is 1.31. The largest absolute Gasteiger partial charge is 0.500 e. The number of rotatable bonds is 10. The number of hydrogen-bond acceptors (Lipinski definition) is 3. The van der Waals surface area contributed by atoms with E-state index in [1.54, 1.807) is 36.5 Å². The molecular formula is C66H64IrN4O-2. The van der Waals surface area contributed by atoms with Crippen LogP contribution in [0.2, 0.25) is 0 Å². The van der Waals surface area contributed by atoms with Crippen molar-refractivity contribution in [2.75, 3.05) is 0 Å². The molecule has 72 heavy (non-hydrogen) atoms. The van der Waals surface area contributed by atoms with Crippen LogP contribution in [-0.4, -0.2) is 14.5 Å². The Hall–Kier alpha value is -6.90. The van der Waals surface area contributed by atoms with Crippen molar-refractivity contribution in [1.82, 2.24) is 14.5 Å². The molecule has 0 atom stereocenters. The van der Waals surface area contributed by atoms with Gasteiger partial charge in [0.1, 0.15) is 11.3 Å². The number of fused-ring (bicyclic) bond motifs is 4. The van der Waals surface area contributed by atoms with Crippen molar-refractivity contribution in [3.8, 4) is 50.6 Å². The summed E-state index contributed by atoms with van der Waals surface area (Å²) in [6.45, 7) is 25.6. The molecule has 10 aromatic rings. The molecule has 0 bridgehead atoms. The molecule has 1 radical (unpaired) electrons. The Morgan fingerprint density at radius 1 is 0.625 bits per heavy atom.